The summed E-state index contributed by atoms with van der Waals surface area (Å²) in [5, 5.41) is 17.0. The van der Waals surface area contributed by atoms with E-state index < -0.39 is 35.7 Å². The van der Waals surface area contributed by atoms with Gasteiger partial charge in [-0.1, -0.05) is 72.8 Å². The van der Waals surface area contributed by atoms with Gasteiger partial charge >= 0.3 is 31.8 Å². The Labute approximate surface area is 219 Å². The molecule has 9 heteroatoms. The van der Waals surface area contributed by atoms with Crippen LogP contribution in [-0.4, -0.2) is 14.4 Å². The molecule has 0 aromatic heterocycles. The van der Waals surface area contributed by atoms with Gasteiger partial charge in [0.05, 0.1) is 0 Å². The molecular weight excluding hydrogens is 601 g/mol. The summed E-state index contributed by atoms with van der Waals surface area (Å²) in [6, 6.07) is 41.7. The summed E-state index contributed by atoms with van der Waals surface area (Å²) in [5.41, 5.74) is 0. The first-order valence-corrected chi connectivity index (χ1v) is 14.8. The van der Waals surface area contributed by atoms with Gasteiger partial charge in [-0.25, -0.2) is 0 Å². The maximum atomic E-state index is 13.5. The van der Waals surface area contributed by atoms with Crippen LogP contribution in [-0.2, 0) is 4.74 Å². The van der Waals surface area contributed by atoms with Crippen molar-refractivity contribution in [2.75, 3.05) is 7.11 Å². The first-order chi connectivity index (χ1) is 17.3. The normalized spacial score (nSPS) is 12.1. The van der Waals surface area contributed by atoms with Crippen LogP contribution in [0.1, 0.15) is 0 Å². The minimum atomic E-state index is -6.00. The van der Waals surface area contributed by atoms with Crippen LogP contribution in [0, 0.1) is 3.57 Å². The van der Waals surface area contributed by atoms with E-state index in [1.807, 2.05) is 36.4 Å². The fourth-order valence-corrected chi connectivity index (χ4v) is 13.6. The van der Waals surface area contributed by atoms with Gasteiger partial charge in [0.25, 0.3) is 0 Å². The van der Waals surface area contributed by atoms with Crippen molar-refractivity contribution in [1.29, 1.82) is 0 Å². The monoisotopic (exact) mass is 624 g/mol. The Morgan fingerprint density at radius 2 is 0.944 bits per heavy atom. The smallest absolute Gasteiger partial charge is 0.611 e. The Balaban J connectivity index is 0.000000658. The predicted molar refractivity (Wildman–Crippen MR) is 135 cm³/mol. The zero-order valence-electron chi connectivity index (χ0n) is 19.3. The van der Waals surface area contributed by atoms with Crippen molar-refractivity contribution >= 4 is 30.4 Å². The van der Waals surface area contributed by atoms with Gasteiger partial charge in [-0.3, -0.25) is 0 Å². The molecule has 4 aromatic carbocycles. The summed E-state index contributed by atoms with van der Waals surface area (Å²) in [4.78, 5) is 0. The molecular formula is C27H23BF4IO2P. The Hall–Kier alpha value is -2.84. The predicted octanol–water partition coefficient (Wildman–Crippen LogP) is 2.37. The van der Waals surface area contributed by atoms with Crippen molar-refractivity contribution in [3.05, 3.63) is 134 Å². The molecule has 0 aliphatic carbocycles. The average Bonchev–Trinajstić information content (AvgIpc) is 2.90. The van der Waals surface area contributed by atoms with Crippen LogP contribution >= 0.6 is 7.26 Å². The van der Waals surface area contributed by atoms with E-state index in [1.165, 1.54) is 26.6 Å². The summed E-state index contributed by atoms with van der Waals surface area (Å²) < 4.78 is 46.5. The molecule has 0 amide bonds. The van der Waals surface area contributed by atoms with Crippen molar-refractivity contribution in [2.45, 2.75) is 0 Å². The van der Waals surface area contributed by atoms with E-state index in [9.17, 15) is 22.4 Å². The number of hydrogen-bond acceptors (Lipinski definition) is 2. The van der Waals surface area contributed by atoms with E-state index in [0.29, 0.717) is 0 Å². The molecule has 0 fully saturated rings. The second-order valence-corrected chi connectivity index (χ2v) is 14.4. The average molecular weight is 624 g/mol. The van der Waals surface area contributed by atoms with Crippen LogP contribution in [0.3, 0.4) is 0 Å². The molecule has 2 nitrogen and oxygen atoms in total. The van der Waals surface area contributed by atoms with Gasteiger partial charge < -0.3 is 27.1 Å². The van der Waals surface area contributed by atoms with Gasteiger partial charge in [0.15, 0.2) is 10.8 Å². The highest BCUT2D eigenvalue weighted by molar-refractivity contribution is 7.98. The summed E-state index contributed by atoms with van der Waals surface area (Å²) in [6.07, 6.45) is 0. The summed E-state index contributed by atoms with van der Waals surface area (Å²) in [5.74, 6) is -0.207. The summed E-state index contributed by atoms with van der Waals surface area (Å²) in [7, 11) is -6.92. The number of benzene rings is 4. The number of halogens is 5. The second-order valence-electron chi connectivity index (χ2n) is 7.34. The van der Waals surface area contributed by atoms with Gasteiger partial charge in [-0.15, -0.1) is 0 Å². The molecule has 0 N–H and O–H groups in total. The van der Waals surface area contributed by atoms with Crippen LogP contribution in [0.4, 0.5) is 17.3 Å². The third kappa shape index (κ3) is 7.11. The van der Waals surface area contributed by atoms with E-state index in [-0.39, 0.29) is 5.95 Å². The van der Waals surface area contributed by atoms with Gasteiger partial charge in [0, 0.05) is 0 Å². The maximum absolute atomic E-state index is 13.5. The molecule has 0 heterocycles. The molecule has 0 bridgehead atoms. The molecule has 0 atom stereocenters. The lowest BCUT2D eigenvalue weighted by Crippen LogP contribution is -3.61. The van der Waals surface area contributed by atoms with E-state index in [1.54, 1.807) is 0 Å². The Kier molecular flexibility index (Phi) is 9.96. The molecule has 0 saturated heterocycles. The highest BCUT2D eigenvalue weighted by atomic mass is 127. The molecule has 0 unspecified atom stereocenters. The Bertz CT molecular complexity index is 1140. The van der Waals surface area contributed by atoms with E-state index >= 15 is 0 Å². The lowest BCUT2D eigenvalue weighted by atomic mass is 10.3. The third-order valence-electron chi connectivity index (χ3n) is 5.01. The largest absolute Gasteiger partial charge is 0.673 e. The molecule has 4 aromatic rings. The molecule has 36 heavy (non-hydrogen) atoms. The van der Waals surface area contributed by atoms with Crippen LogP contribution in [0.2, 0.25) is 0 Å². The van der Waals surface area contributed by atoms with Crippen molar-refractivity contribution in [3.8, 4) is 0 Å². The highest BCUT2D eigenvalue weighted by Crippen LogP contribution is 2.59. The first-order valence-electron chi connectivity index (χ1n) is 10.9. The second kappa shape index (κ2) is 12.9. The zero-order valence-corrected chi connectivity index (χ0v) is 22.3. The number of methoxy groups -OCH3 is 1. The van der Waals surface area contributed by atoms with E-state index in [2.05, 4.69) is 84.9 Å². The van der Waals surface area contributed by atoms with Crippen molar-refractivity contribution in [1.82, 2.24) is 0 Å². The molecule has 0 radical (unpaired) electrons. The van der Waals surface area contributed by atoms with Gasteiger partial charge in [0.1, 0.15) is 21.9 Å². The lowest BCUT2D eigenvalue weighted by Gasteiger charge is -2.26. The zero-order chi connectivity index (χ0) is 26.0. The molecule has 0 aliphatic heterocycles. The van der Waals surface area contributed by atoms with Crippen LogP contribution in [0.25, 0.3) is 0 Å². The summed E-state index contributed by atoms with van der Waals surface area (Å²) in [6.45, 7) is 0. The first kappa shape index (κ1) is 27.7. The van der Waals surface area contributed by atoms with Crippen LogP contribution in [0.15, 0.2) is 131 Å². The highest BCUT2D eigenvalue weighted by Gasteiger charge is 2.58. The van der Waals surface area contributed by atoms with E-state index in [0.717, 1.165) is 3.32 Å². The molecule has 0 spiro atoms. The van der Waals surface area contributed by atoms with Crippen LogP contribution < -0.4 is 42.2 Å². The fourth-order valence-electron chi connectivity index (χ4n) is 3.65. The third-order valence-corrected chi connectivity index (χ3v) is 14.0. The molecule has 0 aliphatic rings. The lowest BCUT2D eigenvalue weighted by molar-refractivity contribution is -0.576. The minimum absolute atomic E-state index is 0.207. The van der Waals surface area contributed by atoms with Crippen molar-refractivity contribution in [2.24, 2.45) is 0 Å². The quantitative estimate of drug-likeness (QED) is 0.104. The summed E-state index contributed by atoms with van der Waals surface area (Å²) >= 11 is -0.761. The fraction of sp³-hybridized carbons (Fsp3) is 0.0370. The van der Waals surface area contributed by atoms with Crippen molar-refractivity contribution in [3.63, 3.8) is 0 Å². The number of ether oxygens (including phenoxy) is 1. The maximum Gasteiger partial charge on any atom is 0.673 e. The van der Waals surface area contributed by atoms with E-state index in [4.69, 9.17) is 4.74 Å². The SMILES string of the molecule is CO/C([O-])=C(\[I+]c1ccccc1)[P+](c1ccccc1)(c1ccccc1)c1ccccc1.F[B-](F)(F)F. The molecule has 0 saturated carbocycles. The number of rotatable bonds is 7. The van der Waals surface area contributed by atoms with Gasteiger partial charge in [-0.05, 0) is 55.6 Å². The molecule has 186 valence electrons. The van der Waals surface area contributed by atoms with Crippen LogP contribution in [0.5, 0.6) is 0 Å². The Morgan fingerprint density at radius 3 is 1.25 bits per heavy atom. The Morgan fingerprint density at radius 1 is 0.639 bits per heavy atom. The number of hydrogen-bond donors (Lipinski definition) is 0. The standard InChI is InChI=1S/C27H23IO2P.BF4/c1-30-27(29)26(28-22-14-6-2-7-15-22)31(23-16-8-3-9-17-23,24-18-10-4-11-19-24)25-20-12-5-13-21-25;2-1(3,4)5/h2-21H,1H3;/q+1;-1/b27-26+;. The van der Waals surface area contributed by atoms with Gasteiger partial charge in [-0.2, -0.15) is 0 Å². The van der Waals surface area contributed by atoms with Gasteiger partial charge in [0.2, 0.25) is 0 Å². The minimum Gasteiger partial charge on any atom is -0.611 e. The van der Waals surface area contributed by atoms with Crippen molar-refractivity contribution < 1.29 is 48.3 Å². The molecule has 4 rings (SSSR count). The topological polar surface area (TPSA) is 32.3 Å².